The fourth-order valence-corrected chi connectivity index (χ4v) is 3.88. The number of ketones is 1. The first kappa shape index (κ1) is 17.8. The lowest BCUT2D eigenvalue weighted by atomic mass is 9.87. The van der Waals surface area contributed by atoms with Gasteiger partial charge in [-0.3, -0.25) is 9.59 Å². The molecule has 0 aromatic heterocycles. The molecule has 2 atom stereocenters. The number of aryl methyl sites for hydroxylation is 2. The van der Waals surface area contributed by atoms with Crippen LogP contribution in [0.2, 0.25) is 0 Å². The third kappa shape index (κ3) is 3.37. The molecule has 136 valence electrons. The van der Waals surface area contributed by atoms with Crippen LogP contribution < -0.4 is 4.74 Å². The molecule has 2 saturated heterocycles. The number of amides is 1. The maximum absolute atomic E-state index is 12.8. The number of piperidine rings is 1. The number of hydrogen-bond acceptors (Lipinski definition) is 3. The molecular weight excluding hydrogens is 335 g/mol. The topological polar surface area (TPSA) is 46.6 Å². The van der Waals surface area contributed by atoms with Crippen molar-refractivity contribution in [1.29, 1.82) is 0 Å². The lowest BCUT2D eigenvalue weighted by Gasteiger charge is -2.27. The first-order valence-corrected chi connectivity index (χ1v) is 8.34. The maximum Gasteiger partial charge on any atom is 0.422 e. The zero-order valence-corrected chi connectivity index (χ0v) is 14.2. The number of alkyl halides is 3. The molecule has 0 bridgehead atoms. The Kier molecular flexibility index (Phi) is 4.51. The Hall–Kier alpha value is -2.05. The molecule has 0 spiro atoms. The normalized spacial score (nSPS) is 23.8. The van der Waals surface area contributed by atoms with Gasteiger partial charge < -0.3 is 9.64 Å². The minimum atomic E-state index is -4.42. The maximum atomic E-state index is 12.8. The second kappa shape index (κ2) is 6.35. The van der Waals surface area contributed by atoms with Crippen molar-refractivity contribution in [3.05, 3.63) is 28.8 Å². The van der Waals surface area contributed by atoms with Crippen LogP contribution in [-0.4, -0.2) is 42.0 Å². The Morgan fingerprint density at radius 1 is 1.16 bits per heavy atom. The lowest BCUT2D eigenvalue weighted by Crippen LogP contribution is -2.39. The van der Waals surface area contributed by atoms with Crippen molar-refractivity contribution in [2.75, 3.05) is 13.2 Å². The molecule has 0 saturated carbocycles. The second-order valence-electron chi connectivity index (χ2n) is 6.75. The molecule has 2 unspecified atom stereocenters. The van der Waals surface area contributed by atoms with E-state index in [1.807, 2.05) is 0 Å². The number of halogens is 3. The number of carbonyl (C=O) groups excluding carboxylic acids is 2. The number of hydrogen-bond donors (Lipinski definition) is 0. The number of rotatable bonds is 3. The number of nitrogens with zero attached hydrogens (tertiary/aromatic N) is 1. The minimum Gasteiger partial charge on any atom is -0.484 e. The molecule has 2 fully saturated rings. The molecule has 1 aromatic carbocycles. The monoisotopic (exact) mass is 355 g/mol. The summed E-state index contributed by atoms with van der Waals surface area (Å²) in [5.41, 5.74) is 1.80. The summed E-state index contributed by atoms with van der Waals surface area (Å²) >= 11 is 0. The Morgan fingerprint density at radius 2 is 1.80 bits per heavy atom. The van der Waals surface area contributed by atoms with Gasteiger partial charge in [-0.2, -0.15) is 13.2 Å². The first-order chi connectivity index (χ1) is 11.7. The van der Waals surface area contributed by atoms with Crippen molar-refractivity contribution in [1.82, 2.24) is 4.90 Å². The SMILES string of the molecule is Cc1cc(OCC(F)(F)F)cc(C)c1C1C(=O)C2CCCCN2C1=O. The summed E-state index contributed by atoms with van der Waals surface area (Å²) in [4.78, 5) is 27.1. The van der Waals surface area contributed by atoms with Crippen LogP contribution in [0.4, 0.5) is 13.2 Å². The molecule has 1 amide bonds. The van der Waals surface area contributed by atoms with Gasteiger partial charge in [0.15, 0.2) is 12.4 Å². The number of fused-ring (bicyclic) bond motifs is 1. The van der Waals surface area contributed by atoms with Gasteiger partial charge in [0.05, 0.1) is 6.04 Å². The van der Waals surface area contributed by atoms with E-state index in [-0.39, 0.29) is 23.5 Å². The average molecular weight is 355 g/mol. The molecule has 25 heavy (non-hydrogen) atoms. The molecule has 0 N–H and O–H groups in total. The van der Waals surface area contributed by atoms with Gasteiger partial charge in [-0.25, -0.2) is 0 Å². The van der Waals surface area contributed by atoms with Crippen molar-refractivity contribution >= 4 is 11.7 Å². The predicted molar refractivity (Wildman–Crippen MR) is 84.6 cm³/mol. The van der Waals surface area contributed by atoms with Crippen molar-refractivity contribution < 1.29 is 27.5 Å². The number of benzene rings is 1. The van der Waals surface area contributed by atoms with Crippen LogP contribution in [0.5, 0.6) is 5.75 Å². The summed E-state index contributed by atoms with van der Waals surface area (Å²) in [6.07, 6.45) is -1.91. The average Bonchev–Trinajstić information content (AvgIpc) is 2.77. The van der Waals surface area contributed by atoms with Gasteiger partial charge in [0.2, 0.25) is 5.91 Å². The lowest BCUT2D eigenvalue weighted by molar-refractivity contribution is -0.153. The van der Waals surface area contributed by atoms with Gasteiger partial charge >= 0.3 is 6.18 Å². The summed E-state index contributed by atoms with van der Waals surface area (Å²) in [6, 6.07) is 2.57. The van der Waals surface area contributed by atoms with E-state index in [0.717, 1.165) is 12.8 Å². The quantitative estimate of drug-likeness (QED) is 0.782. The van der Waals surface area contributed by atoms with E-state index >= 15 is 0 Å². The summed E-state index contributed by atoms with van der Waals surface area (Å²) in [5, 5.41) is 0. The van der Waals surface area contributed by atoms with Crippen molar-refractivity contribution in [3.8, 4) is 5.75 Å². The number of ether oxygens (including phenoxy) is 1. The highest BCUT2D eigenvalue weighted by molar-refractivity contribution is 6.15. The number of Topliss-reactive ketones (excluding diaryl/α,β-unsaturated/α-hetero) is 1. The Morgan fingerprint density at radius 3 is 2.36 bits per heavy atom. The van der Waals surface area contributed by atoms with Crippen LogP contribution in [0, 0.1) is 13.8 Å². The van der Waals surface area contributed by atoms with Gasteiger partial charge in [0, 0.05) is 6.54 Å². The van der Waals surface area contributed by atoms with E-state index in [2.05, 4.69) is 0 Å². The summed E-state index contributed by atoms with van der Waals surface area (Å²) in [7, 11) is 0. The summed E-state index contributed by atoms with van der Waals surface area (Å²) in [5.74, 6) is -1.05. The van der Waals surface area contributed by atoms with Gasteiger partial charge in [-0.1, -0.05) is 0 Å². The van der Waals surface area contributed by atoms with Crippen molar-refractivity contribution in [2.24, 2.45) is 0 Å². The van der Waals surface area contributed by atoms with E-state index in [1.165, 1.54) is 12.1 Å². The third-order valence-electron chi connectivity index (χ3n) is 4.90. The van der Waals surface area contributed by atoms with Crippen LogP contribution in [0.3, 0.4) is 0 Å². The zero-order chi connectivity index (χ0) is 18.4. The molecule has 2 heterocycles. The second-order valence-corrected chi connectivity index (χ2v) is 6.75. The van der Waals surface area contributed by atoms with Crippen molar-refractivity contribution in [2.45, 2.75) is 51.2 Å². The Labute approximate surface area is 143 Å². The van der Waals surface area contributed by atoms with Gasteiger partial charge in [-0.05, 0) is 61.9 Å². The highest BCUT2D eigenvalue weighted by atomic mass is 19.4. The van der Waals surface area contributed by atoms with Crippen LogP contribution in [0.15, 0.2) is 12.1 Å². The smallest absolute Gasteiger partial charge is 0.422 e. The number of carbonyl (C=O) groups is 2. The zero-order valence-electron chi connectivity index (χ0n) is 14.2. The molecule has 0 aliphatic carbocycles. The predicted octanol–water partition coefficient (Wildman–Crippen LogP) is 3.29. The molecular formula is C18H20F3NO3. The Balaban J connectivity index is 1.90. The molecule has 3 rings (SSSR count). The third-order valence-corrected chi connectivity index (χ3v) is 4.90. The highest BCUT2D eigenvalue weighted by Crippen LogP contribution is 2.38. The molecule has 2 aliphatic heterocycles. The van der Waals surface area contributed by atoms with Gasteiger partial charge in [0.1, 0.15) is 11.7 Å². The van der Waals surface area contributed by atoms with Crippen LogP contribution in [0.25, 0.3) is 0 Å². The van der Waals surface area contributed by atoms with E-state index in [4.69, 9.17) is 4.74 Å². The van der Waals surface area contributed by atoms with E-state index in [9.17, 15) is 22.8 Å². The fourth-order valence-electron chi connectivity index (χ4n) is 3.88. The first-order valence-electron chi connectivity index (χ1n) is 8.34. The summed E-state index contributed by atoms with van der Waals surface area (Å²) < 4.78 is 41.8. The van der Waals surface area contributed by atoms with E-state index in [0.29, 0.717) is 29.7 Å². The van der Waals surface area contributed by atoms with Crippen molar-refractivity contribution in [3.63, 3.8) is 0 Å². The molecule has 4 nitrogen and oxygen atoms in total. The van der Waals surface area contributed by atoms with E-state index in [1.54, 1.807) is 18.7 Å². The molecule has 1 aromatic rings. The van der Waals surface area contributed by atoms with E-state index < -0.39 is 18.7 Å². The molecule has 7 heteroatoms. The van der Waals surface area contributed by atoms with Crippen LogP contribution >= 0.6 is 0 Å². The Bertz CT molecular complexity index is 667. The molecule has 2 aliphatic rings. The fraction of sp³-hybridized carbons (Fsp3) is 0.556. The van der Waals surface area contributed by atoms with Gasteiger partial charge in [-0.15, -0.1) is 0 Å². The largest absolute Gasteiger partial charge is 0.484 e. The minimum absolute atomic E-state index is 0.0895. The van der Waals surface area contributed by atoms with Crippen LogP contribution in [0.1, 0.15) is 41.9 Å². The summed E-state index contributed by atoms with van der Waals surface area (Å²) in [6.45, 7) is 2.61. The van der Waals surface area contributed by atoms with Crippen LogP contribution in [-0.2, 0) is 9.59 Å². The highest BCUT2D eigenvalue weighted by Gasteiger charge is 2.49. The standard InChI is InChI=1S/C18H20F3NO3/c1-10-7-12(25-9-18(19,20)21)8-11(2)14(10)15-16(23)13-5-3-4-6-22(13)17(15)24/h7-8,13,15H,3-6,9H2,1-2H3. The van der Waals surface area contributed by atoms with Gasteiger partial charge in [0.25, 0.3) is 0 Å². The molecule has 0 radical (unpaired) electrons.